The molecule has 26 heavy (non-hydrogen) atoms. The van der Waals surface area contributed by atoms with Gasteiger partial charge in [-0.3, -0.25) is 9.69 Å². The highest BCUT2D eigenvalue weighted by molar-refractivity contribution is 5.89. The molecule has 3 N–H and O–H groups in total. The smallest absolute Gasteiger partial charge is 0.319 e. The Morgan fingerprint density at radius 1 is 1.19 bits per heavy atom. The van der Waals surface area contributed by atoms with E-state index in [4.69, 9.17) is 5.11 Å². The quantitative estimate of drug-likeness (QED) is 0.662. The summed E-state index contributed by atoms with van der Waals surface area (Å²) in [5, 5.41) is 14.8. The number of carbonyl (C=O) groups is 2. The van der Waals surface area contributed by atoms with Gasteiger partial charge >= 0.3 is 12.0 Å². The summed E-state index contributed by atoms with van der Waals surface area (Å²) in [4.78, 5) is 24.9. The molecule has 0 atom stereocenters. The van der Waals surface area contributed by atoms with Gasteiger partial charge in [-0.1, -0.05) is 39.8 Å². The van der Waals surface area contributed by atoms with Crippen LogP contribution in [0.15, 0.2) is 24.3 Å². The van der Waals surface area contributed by atoms with Gasteiger partial charge in [0.05, 0.1) is 6.54 Å². The van der Waals surface area contributed by atoms with E-state index in [2.05, 4.69) is 43.5 Å². The molecular weight excluding hydrogens is 330 g/mol. The van der Waals surface area contributed by atoms with E-state index < -0.39 is 5.97 Å². The third-order valence-electron chi connectivity index (χ3n) is 5.52. The van der Waals surface area contributed by atoms with E-state index in [1.54, 1.807) is 0 Å². The van der Waals surface area contributed by atoms with Crippen LogP contribution >= 0.6 is 0 Å². The Labute approximate surface area is 156 Å². The summed E-state index contributed by atoms with van der Waals surface area (Å²) in [5.74, 6) is -0.810. The van der Waals surface area contributed by atoms with Gasteiger partial charge in [-0.05, 0) is 48.9 Å². The number of nitrogens with one attached hydrogen (secondary N) is 2. The first kappa shape index (κ1) is 20.2. The van der Waals surface area contributed by atoms with Gasteiger partial charge in [0.2, 0.25) is 0 Å². The number of anilines is 1. The Morgan fingerprint density at radius 2 is 1.81 bits per heavy atom. The molecule has 1 saturated carbocycles. The molecule has 6 nitrogen and oxygen atoms in total. The van der Waals surface area contributed by atoms with Crippen LogP contribution in [0.25, 0.3) is 0 Å². The van der Waals surface area contributed by atoms with Gasteiger partial charge < -0.3 is 15.7 Å². The Kier molecular flexibility index (Phi) is 6.64. The number of aliphatic carboxylic acids is 1. The van der Waals surface area contributed by atoms with Crippen LogP contribution in [0, 0.1) is 0 Å². The van der Waals surface area contributed by atoms with Gasteiger partial charge in [-0.25, -0.2) is 4.79 Å². The lowest BCUT2D eigenvalue weighted by Crippen LogP contribution is -2.55. The second kappa shape index (κ2) is 8.54. The summed E-state index contributed by atoms with van der Waals surface area (Å²) in [5.41, 5.74) is 2.16. The summed E-state index contributed by atoms with van der Waals surface area (Å²) in [6.07, 6.45) is 2.64. The van der Waals surface area contributed by atoms with Crippen molar-refractivity contribution in [2.24, 2.45) is 0 Å². The van der Waals surface area contributed by atoms with Crippen molar-refractivity contribution in [1.29, 1.82) is 0 Å². The van der Waals surface area contributed by atoms with E-state index in [0.717, 1.165) is 24.9 Å². The van der Waals surface area contributed by atoms with Crippen molar-refractivity contribution in [1.82, 2.24) is 10.2 Å². The van der Waals surface area contributed by atoms with E-state index in [1.165, 1.54) is 5.56 Å². The van der Waals surface area contributed by atoms with Crippen LogP contribution in [0.2, 0.25) is 0 Å². The second-order valence-corrected chi connectivity index (χ2v) is 7.69. The molecule has 6 heteroatoms. The highest BCUT2D eigenvalue weighted by Crippen LogP contribution is 2.28. The third kappa shape index (κ3) is 5.21. The summed E-state index contributed by atoms with van der Waals surface area (Å²) >= 11 is 0. The first-order chi connectivity index (χ1) is 12.2. The molecule has 1 aromatic rings. The molecule has 0 spiro atoms. The van der Waals surface area contributed by atoms with Crippen molar-refractivity contribution in [3.63, 3.8) is 0 Å². The zero-order valence-electron chi connectivity index (χ0n) is 16.2. The number of carboxylic acids is 1. The van der Waals surface area contributed by atoms with Crippen molar-refractivity contribution < 1.29 is 14.7 Å². The number of benzene rings is 1. The fourth-order valence-corrected chi connectivity index (χ4v) is 3.24. The average Bonchev–Trinajstić information content (AvgIpc) is 2.56. The Bertz CT molecular complexity index is 622. The summed E-state index contributed by atoms with van der Waals surface area (Å²) in [7, 11) is 0. The highest BCUT2D eigenvalue weighted by Gasteiger charge is 2.34. The number of carbonyl (C=O) groups excluding carboxylic acids is 1. The largest absolute Gasteiger partial charge is 0.480 e. The fourth-order valence-electron chi connectivity index (χ4n) is 3.24. The van der Waals surface area contributed by atoms with Crippen molar-refractivity contribution >= 4 is 17.7 Å². The van der Waals surface area contributed by atoms with E-state index in [0.29, 0.717) is 6.54 Å². The molecule has 0 aromatic heterocycles. The monoisotopic (exact) mass is 361 g/mol. The maximum Gasteiger partial charge on any atom is 0.319 e. The van der Waals surface area contributed by atoms with Crippen LogP contribution < -0.4 is 10.6 Å². The van der Waals surface area contributed by atoms with E-state index in [9.17, 15) is 9.59 Å². The van der Waals surface area contributed by atoms with E-state index >= 15 is 0 Å². The van der Waals surface area contributed by atoms with E-state index in [-0.39, 0.29) is 30.1 Å². The Balaban J connectivity index is 1.79. The van der Waals surface area contributed by atoms with Crippen LogP contribution in [0.1, 0.15) is 52.5 Å². The topological polar surface area (TPSA) is 81.7 Å². The normalized spacial score (nSPS) is 19.7. The zero-order chi connectivity index (χ0) is 19.3. The number of amides is 2. The minimum absolute atomic E-state index is 0.0561. The summed E-state index contributed by atoms with van der Waals surface area (Å²) in [6.45, 7) is 9.30. The van der Waals surface area contributed by atoms with Crippen molar-refractivity contribution in [3.05, 3.63) is 29.8 Å². The van der Waals surface area contributed by atoms with Crippen LogP contribution in [0.5, 0.6) is 0 Å². The number of carboxylic acid groups (broad SMARTS) is 1. The number of urea groups is 1. The summed E-state index contributed by atoms with van der Waals surface area (Å²) < 4.78 is 0. The molecule has 0 saturated heterocycles. The third-order valence-corrected chi connectivity index (χ3v) is 5.52. The highest BCUT2D eigenvalue weighted by atomic mass is 16.4. The molecular formula is C20H31N3O3. The zero-order valence-corrected chi connectivity index (χ0v) is 16.2. The molecule has 0 unspecified atom stereocenters. The minimum Gasteiger partial charge on any atom is -0.480 e. The van der Waals surface area contributed by atoms with Crippen LogP contribution in [0.4, 0.5) is 10.5 Å². The van der Waals surface area contributed by atoms with Crippen molar-refractivity contribution in [2.75, 3.05) is 18.4 Å². The number of hydrogen-bond acceptors (Lipinski definition) is 3. The number of rotatable bonds is 8. The molecule has 144 valence electrons. The maximum absolute atomic E-state index is 12.1. The standard InChI is InChI=1S/C20H31N3O3/c1-5-20(3,4)14-7-9-15(10-8-14)21-19(26)22-16-11-17(12-16)23(6-2)13-18(24)25/h7-10,16-17H,5-6,11-13H2,1-4H3,(H,24,25)(H2,21,22,26). The minimum atomic E-state index is -0.810. The molecule has 1 fully saturated rings. The lowest BCUT2D eigenvalue weighted by Gasteiger charge is -2.42. The molecule has 1 aromatic carbocycles. The molecule has 0 radical (unpaired) electrons. The number of hydrogen-bond donors (Lipinski definition) is 3. The first-order valence-corrected chi connectivity index (χ1v) is 9.39. The average molecular weight is 361 g/mol. The predicted molar refractivity (Wildman–Crippen MR) is 104 cm³/mol. The van der Waals surface area contributed by atoms with Gasteiger partial charge in [0, 0.05) is 17.8 Å². The maximum atomic E-state index is 12.1. The second-order valence-electron chi connectivity index (χ2n) is 7.69. The van der Waals surface area contributed by atoms with Crippen molar-refractivity contribution in [3.8, 4) is 0 Å². The number of nitrogens with zero attached hydrogens (tertiary/aromatic N) is 1. The van der Waals surface area contributed by atoms with Gasteiger partial charge in [-0.2, -0.15) is 0 Å². The molecule has 2 rings (SSSR count). The molecule has 0 bridgehead atoms. The van der Waals surface area contributed by atoms with Crippen LogP contribution in [-0.4, -0.2) is 47.2 Å². The van der Waals surface area contributed by atoms with Gasteiger partial charge in [0.25, 0.3) is 0 Å². The Morgan fingerprint density at radius 3 is 2.31 bits per heavy atom. The predicted octanol–water partition coefficient (Wildman–Crippen LogP) is 3.43. The van der Waals surface area contributed by atoms with Gasteiger partial charge in [0.1, 0.15) is 0 Å². The number of likely N-dealkylation sites (N-methyl/N-ethyl adjacent to an activating group) is 1. The van der Waals surface area contributed by atoms with Crippen LogP contribution in [0.3, 0.4) is 0 Å². The molecule has 2 amide bonds. The lowest BCUT2D eigenvalue weighted by atomic mass is 9.82. The van der Waals surface area contributed by atoms with Gasteiger partial charge in [0.15, 0.2) is 0 Å². The molecule has 0 aliphatic heterocycles. The van der Waals surface area contributed by atoms with Crippen LogP contribution in [-0.2, 0) is 10.2 Å². The molecule has 1 aliphatic carbocycles. The fraction of sp³-hybridized carbons (Fsp3) is 0.600. The molecule has 0 heterocycles. The molecule has 1 aliphatic rings. The van der Waals surface area contributed by atoms with Crippen molar-refractivity contribution in [2.45, 2.75) is 64.5 Å². The Hall–Kier alpha value is -2.08. The summed E-state index contributed by atoms with van der Waals surface area (Å²) in [6, 6.07) is 8.10. The lowest BCUT2D eigenvalue weighted by molar-refractivity contribution is -0.139. The first-order valence-electron chi connectivity index (χ1n) is 9.39. The SMILES string of the molecule is CCN(CC(=O)O)C1CC(NC(=O)Nc2ccc(C(C)(C)CC)cc2)C1. The van der Waals surface area contributed by atoms with E-state index in [1.807, 2.05) is 24.0 Å². The van der Waals surface area contributed by atoms with Gasteiger partial charge in [-0.15, -0.1) is 0 Å².